The Bertz CT molecular complexity index is 469. The summed E-state index contributed by atoms with van der Waals surface area (Å²) in [6.07, 6.45) is 5.91. The van der Waals surface area contributed by atoms with Crippen LogP contribution in [0.15, 0.2) is 12.4 Å². The van der Waals surface area contributed by atoms with Crippen LogP contribution < -0.4 is 5.32 Å². The number of aryl methyl sites for hydroxylation is 1. The molecule has 1 aromatic rings. The van der Waals surface area contributed by atoms with Crippen LogP contribution in [-0.2, 0) is 18.4 Å². The van der Waals surface area contributed by atoms with Crippen LogP contribution in [-0.4, -0.2) is 50.2 Å². The molecular weight excluding hydrogens is 244 g/mol. The molecule has 0 bridgehead atoms. The number of imidazole rings is 1. The molecule has 2 N–H and O–H groups in total. The van der Waals surface area contributed by atoms with Gasteiger partial charge in [-0.05, 0) is 19.3 Å². The Kier molecular flexibility index (Phi) is 3.28. The first-order chi connectivity index (χ1) is 9.15. The monoisotopic (exact) mass is 264 g/mol. The molecule has 2 heterocycles. The Hall–Kier alpha value is -1.40. The number of aliphatic hydroxyl groups is 1. The lowest BCUT2D eigenvalue weighted by Gasteiger charge is -2.25. The summed E-state index contributed by atoms with van der Waals surface area (Å²) >= 11 is 0. The molecule has 19 heavy (non-hydrogen) atoms. The summed E-state index contributed by atoms with van der Waals surface area (Å²) in [7, 11) is 1.94. The molecule has 2 unspecified atom stereocenters. The zero-order chi connectivity index (χ0) is 13.4. The van der Waals surface area contributed by atoms with Gasteiger partial charge in [0.2, 0.25) is 5.91 Å². The number of nitrogens with zero attached hydrogens (tertiary/aromatic N) is 3. The largest absolute Gasteiger partial charge is 0.392 e. The molecule has 6 heteroatoms. The van der Waals surface area contributed by atoms with E-state index in [1.165, 1.54) is 0 Å². The molecule has 0 radical (unpaired) electrons. The van der Waals surface area contributed by atoms with Gasteiger partial charge in [-0.1, -0.05) is 0 Å². The zero-order valence-electron chi connectivity index (χ0n) is 11.1. The van der Waals surface area contributed by atoms with Gasteiger partial charge in [-0.25, -0.2) is 4.98 Å². The van der Waals surface area contributed by atoms with E-state index in [0.717, 1.165) is 18.7 Å². The summed E-state index contributed by atoms with van der Waals surface area (Å²) in [6.45, 7) is 1.07. The molecule has 1 saturated heterocycles. The molecule has 0 spiro atoms. The van der Waals surface area contributed by atoms with E-state index in [1.807, 2.05) is 22.7 Å². The number of hydrogen-bond acceptors (Lipinski definition) is 4. The van der Waals surface area contributed by atoms with E-state index in [4.69, 9.17) is 0 Å². The van der Waals surface area contributed by atoms with E-state index < -0.39 is 6.10 Å². The average molecular weight is 264 g/mol. The summed E-state index contributed by atoms with van der Waals surface area (Å²) in [5, 5.41) is 12.6. The summed E-state index contributed by atoms with van der Waals surface area (Å²) in [6, 6.07) is 0.111. The lowest BCUT2D eigenvalue weighted by molar-refractivity contribution is -0.134. The van der Waals surface area contributed by atoms with Crippen molar-refractivity contribution in [3.63, 3.8) is 0 Å². The Morgan fingerprint density at radius 2 is 2.42 bits per heavy atom. The fourth-order valence-corrected chi connectivity index (χ4v) is 2.58. The van der Waals surface area contributed by atoms with Crippen LogP contribution in [0.1, 0.15) is 25.1 Å². The first-order valence-corrected chi connectivity index (χ1v) is 6.83. The second-order valence-electron chi connectivity index (χ2n) is 5.50. The second-order valence-corrected chi connectivity index (χ2v) is 5.50. The predicted molar refractivity (Wildman–Crippen MR) is 69.2 cm³/mol. The van der Waals surface area contributed by atoms with Gasteiger partial charge in [0.15, 0.2) is 0 Å². The number of carbonyl (C=O) groups excluding carboxylic acids is 1. The van der Waals surface area contributed by atoms with Crippen LogP contribution in [0.3, 0.4) is 0 Å². The van der Waals surface area contributed by atoms with Crippen LogP contribution in [0, 0.1) is 0 Å². The van der Waals surface area contributed by atoms with Crippen molar-refractivity contribution < 1.29 is 9.90 Å². The van der Waals surface area contributed by atoms with Crippen molar-refractivity contribution in [3.8, 4) is 0 Å². The first-order valence-electron chi connectivity index (χ1n) is 6.83. The van der Waals surface area contributed by atoms with Crippen LogP contribution in [0.4, 0.5) is 0 Å². The first kappa shape index (κ1) is 12.6. The van der Waals surface area contributed by atoms with E-state index in [9.17, 15) is 9.90 Å². The molecule has 1 aliphatic carbocycles. The maximum atomic E-state index is 12.5. The SMILES string of the molecule is Cn1ccnc1CN(C(=O)C1CC(O)CN1)C1CC1. The lowest BCUT2D eigenvalue weighted by Crippen LogP contribution is -2.44. The molecule has 6 nitrogen and oxygen atoms in total. The lowest BCUT2D eigenvalue weighted by atomic mass is 10.1. The number of aromatic nitrogens is 2. The number of amides is 1. The third kappa shape index (κ3) is 2.64. The maximum absolute atomic E-state index is 12.5. The smallest absolute Gasteiger partial charge is 0.240 e. The summed E-state index contributed by atoms with van der Waals surface area (Å²) in [5.74, 6) is 1.00. The molecule has 3 rings (SSSR count). The number of hydrogen-bond donors (Lipinski definition) is 2. The van der Waals surface area contributed by atoms with Crippen LogP contribution >= 0.6 is 0 Å². The molecule has 104 valence electrons. The Labute approximate surface area is 112 Å². The van der Waals surface area contributed by atoms with Gasteiger partial charge in [-0.2, -0.15) is 0 Å². The standard InChI is InChI=1S/C13H20N4O2/c1-16-5-4-14-12(16)8-17(9-2-3-9)13(19)11-6-10(18)7-15-11/h4-5,9-11,15,18H,2-3,6-8H2,1H3. The average Bonchev–Trinajstić information content (AvgIpc) is 3.01. The maximum Gasteiger partial charge on any atom is 0.240 e. The Balaban J connectivity index is 1.70. The molecule has 1 saturated carbocycles. The van der Waals surface area contributed by atoms with Crippen molar-refractivity contribution >= 4 is 5.91 Å². The van der Waals surface area contributed by atoms with Gasteiger partial charge in [0.1, 0.15) is 5.82 Å². The minimum absolute atomic E-state index is 0.0991. The quantitative estimate of drug-likeness (QED) is 0.779. The Morgan fingerprint density at radius 1 is 1.63 bits per heavy atom. The topological polar surface area (TPSA) is 70.4 Å². The number of rotatable bonds is 4. The highest BCUT2D eigenvalue weighted by Gasteiger charge is 2.38. The van der Waals surface area contributed by atoms with Gasteiger partial charge in [-0.3, -0.25) is 4.79 Å². The third-order valence-electron chi connectivity index (χ3n) is 3.91. The Morgan fingerprint density at radius 3 is 2.95 bits per heavy atom. The van der Waals surface area contributed by atoms with E-state index in [-0.39, 0.29) is 11.9 Å². The van der Waals surface area contributed by atoms with Gasteiger partial charge in [-0.15, -0.1) is 0 Å². The van der Waals surface area contributed by atoms with Crippen molar-refractivity contribution in [2.24, 2.45) is 7.05 Å². The van der Waals surface area contributed by atoms with Crippen LogP contribution in [0.5, 0.6) is 0 Å². The molecule has 1 aliphatic heterocycles. The van der Waals surface area contributed by atoms with E-state index >= 15 is 0 Å². The predicted octanol–water partition coefficient (Wildman–Crippen LogP) is -0.366. The van der Waals surface area contributed by atoms with E-state index in [0.29, 0.717) is 25.6 Å². The molecular formula is C13H20N4O2. The van der Waals surface area contributed by atoms with E-state index in [1.54, 1.807) is 6.20 Å². The molecule has 2 atom stereocenters. The van der Waals surface area contributed by atoms with Gasteiger partial charge < -0.3 is 19.9 Å². The highest BCUT2D eigenvalue weighted by Crippen LogP contribution is 2.29. The second kappa shape index (κ2) is 4.94. The number of carbonyl (C=O) groups is 1. The minimum atomic E-state index is -0.400. The zero-order valence-corrected chi connectivity index (χ0v) is 11.1. The number of β-amino-alcohol motifs (C(OH)–C–C–N with tert-alkyl or cyclic N) is 1. The van der Waals surface area contributed by atoms with Crippen LogP contribution in [0.2, 0.25) is 0 Å². The van der Waals surface area contributed by atoms with Gasteiger partial charge >= 0.3 is 0 Å². The minimum Gasteiger partial charge on any atom is -0.392 e. The van der Waals surface area contributed by atoms with Gasteiger partial charge in [0.25, 0.3) is 0 Å². The normalized spacial score (nSPS) is 26.6. The van der Waals surface area contributed by atoms with Crippen molar-refractivity contribution in [1.82, 2.24) is 19.8 Å². The molecule has 2 fully saturated rings. The van der Waals surface area contributed by atoms with Crippen molar-refractivity contribution in [3.05, 3.63) is 18.2 Å². The summed E-state index contributed by atoms with van der Waals surface area (Å²) < 4.78 is 1.94. The van der Waals surface area contributed by atoms with Gasteiger partial charge in [0, 0.05) is 32.0 Å². The van der Waals surface area contributed by atoms with Gasteiger partial charge in [0.05, 0.1) is 18.7 Å². The molecule has 1 amide bonds. The highest BCUT2D eigenvalue weighted by molar-refractivity contribution is 5.82. The van der Waals surface area contributed by atoms with Crippen molar-refractivity contribution in [1.29, 1.82) is 0 Å². The molecule has 2 aliphatic rings. The fourth-order valence-electron chi connectivity index (χ4n) is 2.58. The van der Waals surface area contributed by atoms with Crippen LogP contribution in [0.25, 0.3) is 0 Å². The third-order valence-corrected chi connectivity index (χ3v) is 3.91. The molecule has 0 aromatic carbocycles. The highest BCUT2D eigenvalue weighted by atomic mass is 16.3. The number of aliphatic hydroxyl groups excluding tert-OH is 1. The fraction of sp³-hybridized carbons (Fsp3) is 0.692. The van der Waals surface area contributed by atoms with Crippen molar-refractivity contribution in [2.45, 2.75) is 44.0 Å². The van der Waals surface area contributed by atoms with E-state index in [2.05, 4.69) is 10.3 Å². The van der Waals surface area contributed by atoms with Crippen molar-refractivity contribution in [2.75, 3.05) is 6.54 Å². The summed E-state index contributed by atoms with van der Waals surface area (Å²) in [4.78, 5) is 18.7. The molecule has 1 aromatic heterocycles. The number of nitrogens with one attached hydrogen (secondary N) is 1. The summed E-state index contributed by atoms with van der Waals surface area (Å²) in [5.41, 5.74) is 0.